The molecule has 2 aliphatic rings. The predicted octanol–water partition coefficient (Wildman–Crippen LogP) is 4.23. The predicted molar refractivity (Wildman–Crippen MR) is 146 cm³/mol. The van der Waals surface area contributed by atoms with Crippen LogP contribution in [0.15, 0.2) is 42.5 Å². The van der Waals surface area contributed by atoms with Gasteiger partial charge in [-0.05, 0) is 67.5 Å². The average Bonchev–Trinajstić information content (AvgIpc) is 3.76. The molecular formula is C29H38FN5O3. The summed E-state index contributed by atoms with van der Waals surface area (Å²) in [4.78, 5) is 41.5. The smallest absolute Gasteiger partial charge is 0.319 e. The van der Waals surface area contributed by atoms with Crippen LogP contribution in [-0.4, -0.2) is 66.4 Å². The van der Waals surface area contributed by atoms with Crippen LogP contribution < -0.4 is 16.0 Å². The first-order valence-corrected chi connectivity index (χ1v) is 13.6. The number of urea groups is 1. The van der Waals surface area contributed by atoms with E-state index in [2.05, 4.69) is 34.7 Å². The van der Waals surface area contributed by atoms with Crippen molar-refractivity contribution in [1.82, 2.24) is 20.4 Å². The molecule has 1 heterocycles. The Kier molecular flexibility index (Phi) is 9.33. The van der Waals surface area contributed by atoms with Crippen molar-refractivity contribution in [3.05, 3.63) is 65.0 Å². The molecule has 1 aliphatic heterocycles. The number of nitrogens with one attached hydrogen (secondary N) is 3. The normalized spacial score (nSPS) is 15.8. The minimum absolute atomic E-state index is 0.0514. The first-order valence-electron chi connectivity index (χ1n) is 13.6. The topological polar surface area (TPSA) is 93.8 Å². The van der Waals surface area contributed by atoms with Gasteiger partial charge in [-0.2, -0.15) is 0 Å². The Balaban J connectivity index is 1.27. The summed E-state index contributed by atoms with van der Waals surface area (Å²) in [6.45, 7) is 7.82. The molecule has 8 nitrogen and oxygen atoms in total. The van der Waals surface area contributed by atoms with Crippen molar-refractivity contribution in [2.24, 2.45) is 5.92 Å². The van der Waals surface area contributed by atoms with Gasteiger partial charge in [-0.15, -0.1) is 0 Å². The van der Waals surface area contributed by atoms with Gasteiger partial charge in [0.1, 0.15) is 5.82 Å². The van der Waals surface area contributed by atoms with E-state index >= 15 is 0 Å². The maximum atomic E-state index is 14.6. The number of nitrogens with zero attached hydrogens (tertiary/aromatic N) is 2. The lowest BCUT2D eigenvalue weighted by atomic mass is 10.1. The van der Waals surface area contributed by atoms with Crippen LogP contribution >= 0.6 is 0 Å². The fraction of sp³-hybridized carbons (Fsp3) is 0.483. The van der Waals surface area contributed by atoms with E-state index in [-0.39, 0.29) is 29.1 Å². The summed E-state index contributed by atoms with van der Waals surface area (Å²) in [5, 5.41) is 8.33. The van der Waals surface area contributed by atoms with Gasteiger partial charge in [0, 0.05) is 56.4 Å². The zero-order valence-corrected chi connectivity index (χ0v) is 22.3. The average molecular weight is 524 g/mol. The van der Waals surface area contributed by atoms with Crippen molar-refractivity contribution in [3.8, 4) is 0 Å². The zero-order chi connectivity index (χ0) is 27.1. The summed E-state index contributed by atoms with van der Waals surface area (Å²) in [5.41, 5.74) is 2.02. The van der Waals surface area contributed by atoms with Gasteiger partial charge in [-0.25, -0.2) is 9.18 Å². The van der Waals surface area contributed by atoms with Crippen molar-refractivity contribution < 1.29 is 18.8 Å². The van der Waals surface area contributed by atoms with Gasteiger partial charge < -0.3 is 20.9 Å². The molecule has 204 valence electrons. The Hall–Kier alpha value is -3.46. The number of hydrogen-bond donors (Lipinski definition) is 3. The van der Waals surface area contributed by atoms with Crippen molar-refractivity contribution >= 4 is 23.5 Å². The van der Waals surface area contributed by atoms with Gasteiger partial charge in [0.2, 0.25) is 0 Å². The molecule has 0 aromatic heterocycles. The monoisotopic (exact) mass is 523 g/mol. The van der Waals surface area contributed by atoms with E-state index < -0.39 is 11.8 Å². The summed E-state index contributed by atoms with van der Waals surface area (Å²) in [6.07, 6.45) is 4.03. The molecule has 0 unspecified atom stereocenters. The Morgan fingerprint density at radius 3 is 2.37 bits per heavy atom. The number of hydrogen-bond acceptors (Lipinski definition) is 4. The van der Waals surface area contributed by atoms with Crippen LogP contribution in [0.1, 0.15) is 65.8 Å². The molecule has 4 amide bonds. The molecule has 2 fully saturated rings. The highest BCUT2D eigenvalue weighted by Gasteiger charge is 2.24. The molecule has 2 aromatic rings. The minimum Gasteiger partial charge on any atom is -0.349 e. The number of piperazine rings is 1. The Labute approximate surface area is 224 Å². The molecule has 1 saturated carbocycles. The highest BCUT2D eigenvalue weighted by Crippen LogP contribution is 2.27. The number of carbonyl (C=O) groups is 3. The Morgan fingerprint density at radius 1 is 0.974 bits per heavy atom. The van der Waals surface area contributed by atoms with Gasteiger partial charge in [-0.3, -0.25) is 14.5 Å². The summed E-state index contributed by atoms with van der Waals surface area (Å²) in [7, 11) is 0. The molecule has 0 bridgehead atoms. The van der Waals surface area contributed by atoms with Crippen LogP contribution in [-0.2, 0) is 6.54 Å². The van der Waals surface area contributed by atoms with Crippen molar-refractivity contribution in [2.75, 3.05) is 38.0 Å². The second kappa shape index (κ2) is 12.9. The van der Waals surface area contributed by atoms with E-state index in [0.717, 1.165) is 31.2 Å². The van der Waals surface area contributed by atoms with Crippen LogP contribution in [0.5, 0.6) is 0 Å². The van der Waals surface area contributed by atoms with E-state index in [1.165, 1.54) is 12.1 Å². The van der Waals surface area contributed by atoms with Gasteiger partial charge >= 0.3 is 6.03 Å². The molecule has 0 radical (unpaired) electrons. The quantitative estimate of drug-likeness (QED) is 0.434. The molecule has 3 N–H and O–H groups in total. The summed E-state index contributed by atoms with van der Waals surface area (Å²) in [5.74, 6) is -0.386. The number of amides is 4. The molecule has 1 saturated heterocycles. The maximum absolute atomic E-state index is 14.6. The first-order chi connectivity index (χ1) is 18.4. The highest BCUT2D eigenvalue weighted by atomic mass is 19.1. The van der Waals surface area contributed by atoms with E-state index in [4.69, 9.17) is 0 Å². The van der Waals surface area contributed by atoms with Gasteiger partial charge in [-0.1, -0.05) is 26.0 Å². The second-order valence-electron chi connectivity index (χ2n) is 10.2. The summed E-state index contributed by atoms with van der Waals surface area (Å²) in [6, 6.07) is 11.6. The molecule has 0 atom stereocenters. The molecule has 1 aliphatic carbocycles. The third-order valence-corrected chi connectivity index (χ3v) is 7.29. The maximum Gasteiger partial charge on any atom is 0.319 e. The molecule has 2 aromatic carbocycles. The SMILES string of the molecule is CCC(CC)NC(=O)c1cccc(CN2CCN(C(=O)c3ccc(NC(=O)NCC4CC4)c(F)c3)CC2)c1. The van der Waals surface area contributed by atoms with Gasteiger partial charge in [0.05, 0.1) is 5.69 Å². The van der Waals surface area contributed by atoms with Crippen LogP contribution in [0.25, 0.3) is 0 Å². The summed E-state index contributed by atoms with van der Waals surface area (Å²) >= 11 is 0. The van der Waals surface area contributed by atoms with E-state index in [1.807, 2.05) is 24.3 Å². The second-order valence-corrected chi connectivity index (χ2v) is 10.2. The van der Waals surface area contributed by atoms with Crippen molar-refractivity contribution in [2.45, 2.75) is 52.1 Å². The first kappa shape index (κ1) is 27.6. The molecule has 4 rings (SSSR count). The number of halogens is 1. The van der Waals surface area contributed by atoms with Crippen LogP contribution in [0.2, 0.25) is 0 Å². The standard InChI is InChI=1S/C29H38FN5O3/c1-3-24(4-2)32-27(36)22-7-5-6-21(16-22)19-34-12-14-35(15-13-34)28(37)23-10-11-26(25(30)17-23)33-29(38)31-18-20-8-9-20/h5-7,10-11,16-17,20,24H,3-4,8-9,12-15,18-19H2,1-2H3,(H,32,36)(H2,31,33,38). The number of rotatable bonds is 10. The number of anilines is 1. The molecular weight excluding hydrogens is 485 g/mol. The van der Waals surface area contributed by atoms with Gasteiger partial charge in [0.25, 0.3) is 11.8 Å². The fourth-order valence-electron chi connectivity index (χ4n) is 4.60. The Morgan fingerprint density at radius 2 is 1.71 bits per heavy atom. The van der Waals surface area contributed by atoms with Crippen molar-refractivity contribution in [3.63, 3.8) is 0 Å². The number of carbonyl (C=O) groups excluding carboxylic acids is 3. The molecule has 9 heteroatoms. The largest absolute Gasteiger partial charge is 0.349 e. The lowest BCUT2D eigenvalue weighted by molar-refractivity contribution is 0.0627. The van der Waals surface area contributed by atoms with Crippen molar-refractivity contribution in [1.29, 1.82) is 0 Å². The lowest BCUT2D eigenvalue weighted by Crippen LogP contribution is -2.48. The summed E-state index contributed by atoms with van der Waals surface area (Å²) < 4.78 is 14.6. The minimum atomic E-state index is -0.635. The molecule has 0 spiro atoms. The van der Waals surface area contributed by atoms with Crippen LogP contribution in [0.4, 0.5) is 14.9 Å². The molecule has 38 heavy (non-hydrogen) atoms. The highest BCUT2D eigenvalue weighted by molar-refractivity contribution is 5.96. The van der Waals surface area contributed by atoms with E-state index in [9.17, 15) is 18.8 Å². The van der Waals surface area contributed by atoms with E-state index in [0.29, 0.717) is 50.7 Å². The van der Waals surface area contributed by atoms with Gasteiger partial charge in [0.15, 0.2) is 0 Å². The Bertz CT molecular complexity index is 1140. The lowest BCUT2D eigenvalue weighted by Gasteiger charge is -2.35. The van der Waals surface area contributed by atoms with Crippen LogP contribution in [0.3, 0.4) is 0 Å². The number of benzene rings is 2. The van der Waals surface area contributed by atoms with E-state index in [1.54, 1.807) is 11.0 Å². The third kappa shape index (κ3) is 7.54. The van der Waals surface area contributed by atoms with Crippen LogP contribution in [0, 0.1) is 11.7 Å². The third-order valence-electron chi connectivity index (χ3n) is 7.29. The zero-order valence-electron chi connectivity index (χ0n) is 22.3. The fourth-order valence-corrected chi connectivity index (χ4v) is 4.60.